The molecule has 448 valence electrons. The summed E-state index contributed by atoms with van der Waals surface area (Å²) in [5, 5.41) is 33.8. The zero-order valence-electron chi connectivity index (χ0n) is 47.4. The Labute approximate surface area is 504 Å². The SMILES string of the molecule is CC(C)[C@H](NC(=O)[C@@H](CS)NC(=O)[C@H](CCCCN)NC(=O)[C@@H](Cc1c[nH]c2ccccc12)NC(=O)[C@H](CS)NC(=O)[C@H](Cc1ccc(O)cc1)NC(=O)[C@@H](N)Cc1ccc2ccccc2c1)C(=O)N[C@@H](Cc1ccc2ccccc2c1)C(N)=O. The number of unbranched alkanes of at least 4 members (excludes halogenated alkanes) is 1. The van der Waals surface area contributed by atoms with Gasteiger partial charge in [0, 0.05) is 47.9 Å². The maximum absolute atomic E-state index is 14.7. The highest BCUT2D eigenvalue weighted by Gasteiger charge is 2.35. The number of carbonyl (C=O) groups excluding carboxylic acids is 8. The molecule has 0 aliphatic carbocycles. The van der Waals surface area contributed by atoms with Crippen LogP contribution in [0.15, 0.2) is 140 Å². The molecule has 0 spiro atoms. The summed E-state index contributed by atoms with van der Waals surface area (Å²) in [4.78, 5) is 115. The van der Waals surface area contributed by atoms with Gasteiger partial charge in [-0.15, -0.1) is 0 Å². The molecule has 6 aromatic carbocycles. The van der Waals surface area contributed by atoms with Crippen LogP contribution in [0.3, 0.4) is 0 Å². The largest absolute Gasteiger partial charge is 0.508 e. The Morgan fingerprint density at radius 2 is 0.953 bits per heavy atom. The second-order valence-corrected chi connectivity index (χ2v) is 22.2. The summed E-state index contributed by atoms with van der Waals surface area (Å²) in [6.45, 7) is 3.67. The zero-order chi connectivity index (χ0) is 61.2. The summed E-state index contributed by atoms with van der Waals surface area (Å²) < 4.78 is 0. The van der Waals surface area contributed by atoms with Gasteiger partial charge in [0.1, 0.15) is 48.0 Å². The van der Waals surface area contributed by atoms with E-state index in [0.717, 1.165) is 43.6 Å². The molecule has 0 saturated heterocycles. The number of para-hydroxylation sites is 1. The van der Waals surface area contributed by atoms with Gasteiger partial charge in [-0.1, -0.05) is 129 Å². The van der Waals surface area contributed by atoms with Crippen LogP contribution in [0.1, 0.15) is 55.4 Å². The van der Waals surface area contributed by atoms with Gasteiger partial charge >= 0.3 is 0 Å². The van der Waals surface area contributed by atoms with E-state index in [1.165, 1.54) is 12.1 Å². The monoisotopic (exact) mass is 1190 g/mol. The number of fused-ring (bicyclic) bond motifs is 3. The number of nitrogens with one attached hydrogen (secondary N) is 8. The lowest BCUT2D eigenvalue weighted by atomic mass is 9.99. The minimum Gasteiger partial charge on any atom is -0.508 e. The second-order valence-electron chi connectivity index (χ2n) is 21.5. The lowest BCUT2D eigenvalue weighted by Gasteiger charge is -2.28. The van der Waals surface area contributed by atoms with Crippen molar-refractivity contribution >= 4 is 105 Å². The number of nitrogens with two attached hydrogens (primary N) is 3. The van der Waals surface area contributed by atoms with Gasteiger partial charge in [0.05, 0.1) is 6.04 Å². The number of aromatic hydroxyl groups is 1. The van der Waals surface area contributed by atoms with Crippen molar-refractivity contribution in [3.8, 4) is 5.75 Å². The number of phenolic OH excluding ortho intramolecular Hbond substituents is 1. The lowest BCUT2D eigenvalue weighted by molar-refractivity contribution is -0.135. The molecule has 85 heavy (non-hydrogen) atoms. The Hall–Kier alpha value is -8.44. The van der Waals surface area contributed by atoms with Crippen molar-refractivity contribution in [2.75, 3.05) is 18.1 Å². The smallest absolute Gasteiger partial charge is 0.244 e. The minimum atomic E-state index is -1.38. The van der Waals surface area contributed by atoms with Gasteiger partial charge in [0.15, 0.2) is 0 Å². The van der Waals surface area contributed by atoms with Gasteiger partial charge in [0.2, 0.25) is 47.3 Å². The molecule has 0 aliphatic heterocycles. The number of phenols is 1. The van der Waals surface area contributed by atoms with E-state index in [-0.39, 0.29) is 55.9 Å². The molecule has 0 unspecified atom stereocenters. The van der Waals surface area contributed by atoms with Crippen molar-refractivity contribution < 1.29 is 43.5 Å². The number of amides is 8. The van der Waals surface area contributed by atoms with Crippen LogP contribution in [0.25, 0.3) is 32.4 Å². The van der Waals surface area contributed by atoms with Crippen molar-refractivity contribution in [1.82, 2.24) is 42.2 Å². The molecular weight excluding hydrogens is 1120 g/mol. The quantitative estimate of drug-likeness (QED) is 0.0229. The average molecular weight is 1190 g/mol. The van der Waals surface area contributed by atoms with Crippen LogP contribution < -0.4 is 54.4 Å². The van der Waals surface area contributed by atoms with Crippen LogP contribution in [0.4, 0.5) is 0 Å². The number of primary amides is 1. The fourth-order valence-corrected chi connectivity index (χ4v) is 10.4. The molecule has 8 atom stereocenters. The van der Waals surface area contributed by atoms with Gasteiger partial charge in [-0.05, 0) is 100 Å². The van der Waals surface area contributed by atoms with E-state index in [2.05, 4.69) is 67.5 Å². The van der Waals surface area contributed by atoms with E-state index < -0.39 is 102 Å². The van der Waals surface area contributed by atoms with Crippen LogP contribution in [-0.2, 0) is 64.0 Å². The van der Waals surface area contributed by atoms with Crippen LogP contribution in [0.5, 0.6) is 5.75 Å². The van der Waals surface area contributed by atoms with Crippen molar-refractivity contribution in [3.63, 3.8) is 0 Å². The Kier molecular flexibility index (Phi) is 23.3. The number of aromatic nitrogens is 1. The first kappa shape index (κ1) is 64.1. The van der Waals surface area contributed by atoms with Gasteiger partial charge in [-0.3, -0.25) is 38.4 Å². The Balaban J connectivity index is 1.05. The van der Waals surface area contributed by atoms with E-state index in [1.807, 2.05) is 109 Å². The van der Waals surface area contributed by atoms with Crippen molar-refractivity contribution in [1.29, 1.82) is 0 Å². The molecule has 1 heterocycles. The third kappa shape index (κ3) is 18.0. The van der Waals surface area contributed by atoms with Gasteiger partial charge in [-0.2, -0.15) is 25.3 Å². The molecule has 1 aromatic heterocycles. The third-order valence-electron chi connectivity index (χ3n) is 14.7. The molecule has 7 rings (SSSR count). The Bertz CT molecular complexity index is 3490. The highest BCUT2D eigenvalue weighted by atomic mass is 32.1. The fraction of sp³-hybridized carbons (Fsp3) is 0.333. The first-order valence-corrected chi connectivity index (χ1v) is 29.5. The molecule has 22 heteroatoms. The summed E-state index contributed by atoms with van der Waals surface area (Å²) in [5.74, 6) is -7.00. The molecule has 8 amide bonds. The van der Waals surface area contributed by atoms with Gasteiger partial charge < -0.3 is 64.5 Å². The Morgan fingerprint density at radius 1 is 0.494 bits per heavy atom. The standard InChI is InChI=1S/C63H75N11O9S2/c1-36(2)55(63(83)69-50(56(66)76)31-39-19-23-41-12-4-6-14-43(41)28-39)74-62(82)54(35-85)72-58(78)49(17-9-10-26-64)68-60(80)52(32-44-33-67-48-16-8-7-15-46(44)48)71-61(81)53(34-84)73-59(79)51(30-37-20-24-45(75)25-21-37)70-57(77)47(65)29-38-18-22-40-11-3-5-13-42(40)27-38/h3-8,11-16,18-25,27-28,33,36,47,49-55,67,75,84-85H,9-10,17,26,29-32,34-35,64-65H2,1-2H3,(H2,66,76)(H,68,80)(H,69,83)(H,70,77)(H,71,81)(H,72,78)(H,73,79)(H,74,82)/t47-,49-,50-,51-,52+,53-,54+,55-/m0/s1. The number of H-pyrrole nitrogens is 1. The number of aromatic amines is 1. The van der Waals surface area contributed by atoms with Gasteiger partial charge in [0.25, 0.3) is 0 Å². The molecule has 15 N–H and O–H groups in total. The van der Waals surface area contributed by atoms with Crippen molar-refractivity contribution in [2.45, 2.75) is 107 Å². The summed E-state index contributed by atoms with van der Waals surface area (Å²) in [6, 6.07) is 30.2. The first-order valence-electron chi connectivity index (χ1n) is 28.2. The average Bonchev–Trinajstić information content (AvgIpc) is 3.60. The number of hydrogen-bond acceptors (Lipinski definition) is 13. The van der Waals surface area contributed by atoms with E-state index in [1.54, 1.807) is 32.2 Å². The fourth-order valence-electron chi connectivity index (χ4n) is 9.91. The van der Waals surface area contributed by atoms with Crippen LogP contribution in [-0.4, -0.2) is 124 Å². The maximum Gasteiger partial charge on any atom is 0.244 e. The highest BCUT2D eigenvalue weighted by Crippen LogP contribution is 2.22. The number of rotatable bonds is 30. The molecule has 0 radical (unpaired) electrons. The summed E-state index contributed by atoms with van der Waals surface area (Å²) >= 11 is 8.80. The first-order chi connectivity index (χ1) is 40.8. The number of benzene rings is 6. The highest BCUT2D eigenvalue weighted by molar-refractivity contribution is 7.80. The number of carbonyl (C=O) groups is 8. The van der Waals surface area contributed by atoms with Crippen LogP contribution >= 0.6 is 25.3 Å². The normalized spacial score (nSPS) is 14.2. The van der Waals surface area contributed by atoms with Gasteiger partial charge in [-0.25, -0.2) is 0 Å². The number of hydrogen-bond donors (Lipinski definition) is 14. The van der Waals surface area contributed by atoms with E-state index in [4.69, 9.17) is 17.2 Å². The molecule has 20 nitrogen and oxygen atoms in total. The molecule has 7 aromatic rings. The molecular formula is C63H75N11O9S2. The predicted octanol–water partition coefficient (Wildman–Crippen LogP) is 3.30. The maximum atomic E-state index is 14.7. The molecule has 0 bridgehead atoms. The molecule has 0 fully saturated rings. The summed E-state index contributed by atoms with van der Waals surface area (Å²) in [5.41, 5.74) is 21.6. The van der Waals surface area contributed by atoms with Crippen molar-refractivity contribution in [3.05, 3.63) is 162 Å². The lowest BCUT2D eigenvalue weighted by Crippen LogP contribution is -2.61. The second kappa shape index (κ2) is 30.9. The van der Waals surface area contributed by atoms with E-state index in [0.29, 0.717) is 24.0 Å². The van der Waals surface area contributed by atoms with Crippen molar-refractivity contribution in [2.24, 2.45) is 23.1 Å². The Morgan fingerprint density at radius 3 is 1.53 bits per heavy atom. The van der Waals surface area contributed by atoms with E-state index >= 15 is 0 Å². The topological polar surface area (TPSA) is 335 Å². The predicted molar refractivity (Wildman–Crippen MR) is 335 cm³/mol. The molecule has 0 saturated carbocycles. The van der Waals surface area contributed by atoms with Crippen LogP contribution in [0.2, 0.25) is 0 Å². The van der Waals surface area contributed by atoms with Crippen LogP contribution in [0, 0.1) is 5.92 Å². The molecule has 0 aliphatic rings. The minimum absolute atomic E-state index is 0.0125. The summed E-state index contributed by atoms with van der Waals surface area (Å²) in [6.07, 6.45) is 2.67. The third-order valence-corrected chi connectivity index (χ3v) is 15.4. The summed E-state index contributed by atoms with van der Waals surface area (Å²) in [7, 11) is 0. The zero-order valence-corrected chi connectivity index (χ0v) is 49.2. The number of thiol groups is 2. The van der Waals surface area contributed by atoms with E-state index in [9.17, 15) is 43.5 Å².